The zero-order valence-corrected chi connectivity index (χ0v) is 33.9. The van der Waals surface area contributed by atoms with Crippen molar-refractivity contribution in [2.45, 2.75) is 219 Å². The van der Waals surface area contributed by atoms with Crippen LogP contribution in [0.1, 0.15) is 219 Å². The van der Waals surface area contributed by atoms with E-state index in [9.17, 15) is 4.79 Å². The molecule has 0 aliphatic carbocycles. The third-order valence-corrected chi connectivity index (χ3v) is 9.73. The molecule has 0 rings (SSSR count). The fraction of sp³-hybridized carbons (Fsp3) is 0.977. The van der Waals surface area contributed by atoms with E-state index in [1.807, 2.05) is 0 Å². The van der Waals surface area contributed by atoms with Crippen molar-refractivity contribution in [1.29, 1.82) is 0 Å². The lowest BCUT2D eigenvalue weighted by Crippen LogP contribution is -2.14. The van der Waals surface area contributed by atoms with Crippen molar-refractivity contribution in [3.63, 3.8) is 0 Å². The van der Waals surface area contributed by atoms with E-state index in [4.69, 9.17) is 23.7 Å². The van der Waals surface area contributed by atoms with Gasteiger partial charge in [0.2, 0.25) is 0 Å². The van der Waals surface area contributed by atoms with Crippen LogP contribution >= 0.6 is 0 Å². The van der Waals surface area contributed by atoms with Gasteiger partial charge in [-0.1, -0.05) is 200 Å². The topological polar surface area (TPSA) is 63.2 Å². The molecule has 0 aromatic carbocycles. The van der Waals surface area contributed by atoms with Gasteiger partial charge in [-0.3, -0.25) is 4.79 Å². The Labute approximate surface area is 312 Å². The van der Waals surface area contributed by atoms with Crippen molar-refractivity contribution >= 4 is 5.97 Å². The molecule has 6 heteroatoms. The van der Waals surface area contributed by atoms with Gasteiger partial charge in [0.25, 0.3) is 0 Å². The maximum absolute atomic E-state index is 11.9. The summed E-state index contributed by atoms with van der Waals surface area (Å²) in [5, 5.41) is 0. The first kappa shape index (κ1) is 49.3. The second-order valence-electron chi connectivity index (χ2n) is 14.7. The van der Waals surface area contributed by atoms with E-state index in [2.05, 4.69) is 13.8 Å². The van der Waals surface area contributed by atoms with Crippen LogP contribution in [-0.4, -0.2) is 65.4 Å². The smallest absolute Gasteiger partial charge is 0.305 e. The van der Waals surface area contributed by atoms with Gasteiger partial charge >= 0.3 is 5.97 Å². The van der Waals surface area contributed by atoms with Crippen LogP contribution in [0.4, 0.5) is 0 Å². The second-order valence-corrected chi connectivity index (χ2v) is 14.7. The first-order valence-electron chi connectivity index (χ1n) is 22.3. The number of esters is 1. The molecule has 0 amide bonds. The Bertz CT molecular complexity index is 615. The van der Waals surface area contributed by atoms with Crippen molar-refractivity contribution in [2.75, 3.05) is 59.5 Å². The van der Waals surface area contributed by atoms with E-state index >= 15 is 0 Å². The molecule has 0 radical (unpaired) electrons. The average molecular weight is 713 g/mol. The molecule has 0 aromatic rings. The molecule has 0 heterocycles. The van der Waals surface area contributed by atoms with Crippen LogP contribution in [0, 0.1) is 0 Å². The van der Waals surface area contributed by atoms with E-state index in [-0.39, 0.29) is 5.97 Å². The van der Waals surface area contributed by atoms with Crippen molar-refractivity contribution in [3.8, 4) is 0 Å². The Balaban J connectivity index is 3.13. The highest BCUT2D eigenvalue weighted by molar-refractivity contribution is 5.69. The molecule has 0 aliphatic rings. The monoisotopic (exact) mass is 713 g/mol. The molecule has 300 valence electrons. The number of carbonyl (C=O) groups is 1. The van der Waals surface area contributed by atoms with Gasteiger partial charge < -0.3 is 23.7 Å². The largest absolute Gasteiger partial charge is 0.463 e. The lowest BCUT2D eigenvalue weighted by atomic mass is 10.0. The number of rotatable bonds is 45. The first-order chi connectivity index (χ1) is 24.8. The van der Waals surface area contributed by atoms with Gasteiger partial charge in [-0.2, -0.15) is 0 Å². The van der Waals surface area contributed by atoms with Gasteiger partial charge in [0, 0.05) is 13.0 Å². The molecule has 0 saturated carbocycles. The summed E-state index contributed by atoms with van der Waals surface area (Å²) in [6.45, 7) is 9.55. The Hall–Kier alpha value is -0.690. The SMILES string of the molecule is CCCCCCCCCCCCCCCCCCOCCOCCOCCOCCOC(=O)CCCCCCCCCCCCCCCCC. The van der Waals surface area contributed by atoms with Crippen LogP contribution in [0.2, 0.25) is 0 Å². The molecular weight excluding hydrogens is 624 g/mol. The van der Waals surface area contributed by atoms with Gasteiger partial charge in [-0.05, 0) is 12.8 Å². The van der Waals surface area contributed by atoms with Gasteiger partial charge in [0.05, 0.1) is 46.2 Å². The number of hydrogen-bond donors (Lipinski definition) is 0. The van der Waals surface area contributed by atoms with E-state index in [0.717, 1.165) is 25.9 Å². The van der Waals surface area contributed by atoms with Gasteiger partial charge in [0.1, 0.15) is 6.61 Å². The summed E-state index contributed by atoms with van der Waals surface area (Å²) in [4.78, 5) is 11.9. The molecule has 0 aromatic heterocycles. The minimum atomic E-state index is -0.106. The van der Waals surface area contributed by atoms with Crippen molar-refractivity contribution < 1.29 is 28.5 Å². The molecule has 0 aliphatic heterocycles. The molecule has 0 bridgehead atoms. The van der Waals surface area contributed by atoms with Crippen LogP contribution in [0.15, 0.2) is 0 Å². The van der Waals surface area contributed by atoms with Crippen LogP contribution in [0.5, 0.6) is 0 Å². The zero-order valence-electron chi connectivity index (χ0n) is 33.9. The number of unbranched alkanes of at least 4 members (excludes halogenated alkanes) is 29. The quantitative estimate of drug-likeness (QED) is 0.0463. The lowest BCUT2D eigenvalue weighted by Gasteiger charge is -2.08. The first-order valence-corrected chi connectivity index (χ1v) is 22.3. The highest BCUT2D eigenvalue weighted by Crippen LogP contribution is 2.15. The third kappa shape index (κ3) is 45.3. The number of hydrogen-bond acceptors (Lipinski definition) is 6. The summed E-state index contributed by atoms with van der Waals surface area (Å²) in [7, 11) is 0. The maximum Gasteiger partial charge on any atom is 0.305 e. The lowest BCUT2D eigenvalue weighted by molar-refractivity contribution is -0.145. The summed E-state index contributed by atoms with van der Waals surface area (Å²) in [6.07, 6.45) is 42.7. The molecule has 0 fully saturated rings. The van der Waals surface area contributed by atoms with Crippen molar-refractivity contribution in [1.82, 2.24) is 0 Å². The normalized spacial score (nSPS) is 11.5. The average Bonchev–Trinajstić information content (AvgIpc) is 3.12. The molecule has 0 spiro atoms. The number of ether oxygens (including phenoxy) is 5. The second kappa shape index (κ2) is 46.3. The standard InChI is InChI=1S/C44H88O6/c1-3-5-7-9-11-13-15-17-19-21-23-25-27-29-31-33-35-46-36-37-47-38-39-48-40-41-49-42-43-50-44(45)34-32-30-28-26-24-22-20-18-16-14-12-10-8-6-4-2/h3-43H2,1-2H3. The molecular formula is C44H88O6. The van der Waals surface area contributed by atoms with Crippen LogP contribution in [0.3, 0.4) is 0 Å². The fourth-order valence-corrected chi connectivity index (χ4v) is 6.44. The minimum absolute atomic E-state index is 0.106. The van der Waals surface area contributed by atoms with E-state index in [1.54, 1.807) is 0 Å². The molecule has 50 heavy (non-hydrogen) atoms. The summed E-state index contributed by atoms with van der Waals surface area (Å²) in [5.41, 5.74) is 0. The number of carbonyl (C=O) groups excluding carboxylic acids is 1. The predicted molar refractivity (Wildman–Crippen MR) is 213 cm³/mol. The van der Waals surface area contributed by atoms with Crippen molar-refractivity contribution in [2.24, 2.45) is 0 Å². The third-order valence-electron chi connectivity index (χ3n) is 9.73. The van der Waals surface area contributed by atoms with Crippen LogP contribution in [0.25, 0.3) is 0 Å². The fourth-order valence-electron chi connectivity index (χ4n) is 6.44. The Morgan fingerprint density at radius 2 is 0.520 bits per heavy atom. The zero-order chi connectivity index (χ0) is 36.1. The predicted octanol–water partition coefficient (Wildman–Crippen LogP) is 13.1. The van der Waals surface area contributed by atoms with Gasteiger partial charge in [-0.25, -0.2) is 0 Å². The van der Waals surface area contributed by atoms with Crippen LogP contribution < -0.4 is 0 Å². The molecule has 6 nitrogen and oxygen atoms in total. The summed E-state index contributed by atoms with van der Waals surface area (Å²) in [6, 6.07) is 0. The molecule has 0 saturated heterocycles. The minimum Gasteiger partial charge on any atom is -0.463 e. The Morgan fingerprint density at radius 3 is 0.840 bits per heavy atom. The summed E-state index contributed by atoms with van der Waals surface area (Å²) in [5.74, 6) is -0.106. The van der Waals surface area contributed by atoms with Gasteiger partial charge in [-0.15, -0.1) is 0 Å². The highest BCUT2D eigenvalue weighted by Gasteiger charge is 2.03. The van der Waals surface area contributed by atoms with E-state index in [0.29, 0.717) is 59.3 Å². The van der Waals surface area contributed by atoms with Crippen molar-refractivity contribution in [3.05, 3.63) is 0 Å². The van der Waals surface area contributed by atoms with Gasteiger partial charge in [0.15, 0.2) is 0 Å². The van der Waals surface area contributed by atoms with E-state index in [1.165, 1.54) is 180 Å². The molecule has 0 N–H and O–H groups in total. The van der Waals surface area contributed by atoms with E-state index < -0.39 is 0 Å². The highest BCUT2D eigenvalue weighted by atomic mass is 16.6. The maximum atomic E-state index is 11.9. The Morgan fingerprint density at radius 1 is 0.280 bits per heavy atom. The van der Waals surface area contributed by atoms with Crippen LogP contribution in [-0.2, 0) is 28.5 Å². The summed E-state index contributed by atoms with van der Waals surface area (Å²) >= 11 is 0. The Kier molecular flexibility index (Phi) is 45.7. The molecule has 0 atom stereocenters. The molecule has 0 unspecified atom stereocenters. The summed E-state index contributed by atoms with van der Waals surface area (Å²) < 4.78 is 27.6.